The van der Waals surface area contributed by atoms with Gasteiger partial charge in [-0.15, -0.1) is 0 Å². The second-order valence-electron chi connectivity index (χ2n) is 2.50. The molecule has 0 unspecified atom stereocenters. The van der Waals surface area contributed by atoms with Gasteiger partial charge < -0.3 is 5.21 Å². The van der Waals surface area contributed by atoms with Crippen LogP contribution in [-0.2, 0) is 6.54 Å². The average molecular weight is 234 g/mol. The monoisotopic (exact) mass is 233 g/mol. The number of rotatable bonds is 2. The van der Waals surface area contributed by atoms with Crippen molar-refractivity contribution in [1.82, 2.24) is 5.48 Å². The van der Waals surface area contributed by atoms with Crippen molar-refractivity contribution in [1.29, 1.82) is 0 Å². The van der Waals surface area contributed by atoms with E-state index in [1.165, 1.54) is 0 Å². The Balaban J connectivity index is 3.08. The van der Waals surface area contributed by atoms with E-state index in [0.717, 1.165) is 0 Å². The van der Waals surface area contributed by atoms with Crippen LogP contribution < -0.4 is 5.48 Å². The molecule has 1 rings (SSSR count). The summed E-state index contributed by atoms with van der Waals surface area (Å²) in [5.74, 6) is -0.275. The van der Waals surface area contributed by atoms with Gasteiger partial charge in [-0.25, -0.2) is 9.87 Å². The van der Waals surface area contributed by atoms with Crippen LogP contribution in [-0.4, -0.2) is 5.21 Å². The molecule has 0 saturated heterocycles. The van der Waals surface area contributed by atoms with Crippen LogP contribution in [0.3, 0.4) is 0 Å². The molecule has 0 atom stereocenters. The SMILES string of the molecule is Cc1ccc(CNO)c(Br)c1F. The summed E-state index contributed by atoms with van der Waals surface area (Å²) in [6, 6.07) is 3.43. The molecule has 2 nitrogen and oxygen atoms in total. The Morgan fingerprint density at radius 3 is 2.83 bits per heavy atom. The Labute approximate surface area is 78.5 Å². The van der Waals surface area contributed by atoms with Crippen LogP contribution in [0.5, 0.6) is 0 Å². The maximum absolute atomic E-state index is 13.2. The molecule has 0 radical (unpaired) electrons. The highest BCUT2D eigenvalue weighted by molar-refractivity contribution is 9.10. The Bertz CT molecular complexity index is 291. The van der Waals surface area contributed by atoms with Gasteiger partial charge in [-0.1, -0.05) is 12.1 Å². The lowest BCUT2D eigenvalue weighted by Gasteiger charge is -2.05. The molecule has 12 heavy (non-hydrogen) atoms. The van der Waals surface area contributed by atoms with Gasteiger partial charge in [0.2, 0.25) is 0 Å². The lowest BCUT2D eigenvalue weighted by molar-refractivity contribution is 0.161. The highest BCUT2D eigenvalue weighted by Gasteiger charge is 2.07. The molecule has 0 aliphatic carbocycles. The van der Waals surface area contributed by atoms with Crippen molar-refractivity contribution in [2.24, 2.45) is 0 Å². The molecule has 0 heterocycles. The topological polar surface area (TPSA) is 32.3 Å². The maximum Gasteiger partial charge on any atom is 0.140 e. The van der Waals surface area contributed by atoms with Crippen LogP contribution in [0.2, 0.25) is 0 Å². The molecule has 66 valence electrons. The summed E-state index contributed by atoms with van der Waals surface area (Å²) < 4.78 is 13.6. The number of hydroxylamine groups is 1. The summed E-state index contributed by atoms with van der Waals surface area (Å²) in [5, 5.41) is 8.41. The Kier molecular flexibility index (Phi) is 3.20. The van der Waals surface area contributed by atoms with Gasteiger partial charge in [0.1, 0.15) is 5.82 Å². The third-order valence-electron chi connectivity index (χ3n) is 1.62. The van der Waals surface area contributed by atoms with E-state index in [9.17, 15) is 4.39 Å². The molecule has 2 N–H and O–H groups in total. The number of halogens is 2. The summed E-state index contributed by atoms with van der Waals surface area (Å²) in [4.78, 5) is 0. The van der Waals surface area contributed by atoms with Crippen LogP contribution in [0.15, 0.2) is 16.6 Å². The van der Waals surface area contributed by atoms with E-state index in [1.807, 2.05) is 5.48 Å². The first-order valence-electron chi connectivity index (χ1n) is 3.47. The molecule has 4 heteroatoms. The molecule has 0 aromatic heterocycles. The minimum absolute atomic E-state index is 0.234. The van der Waals surface area contributed by atoms with Gasteiger partial charge >= 0.3 is 0 Å². The van der Waals surface area contributed by atoms with Crippen molar-refractivity contribution in [3.05, 3.63) is 33.5 Å². The Hall–Kier alpha value is -0.450. The molecule has 0 amide bonds. The molecule has 0 bridgehead atoms. The molecule has 0 saturated carbocycles. The van der Waals surface area contributed by atoms with Gasteiger partial charge in [0.15, 0.2) is 0 Å². The molecular weight excluding hydrogens is 225 g/mol. The third kappa shape index (κ3) is 1.83. The standard InChI is InChI=1S/C8H9BrFNO/c1-5-2-3-6(4-11-12)7(9)8(5)10/h2-3,11-12H,4H2,1H3. The molecular formula is C8H9BrFNO. The van der Waals surface area contributed by atoms with Crippen LogP contribution in [0.1, 0.15) is 11.1 Å². The number of hydrogen-bond donors (Lipinski definition) is 2. The number of nitrogens with one attached hydrogen (secondary N) is 1. The predicted molar refractivity (Wildman–Crippen MR) is 47.5 cm³/mol. The predicted octanol–water partition coefficient (Wildman–Crippen LogP) is 2.38. The second-order valence-corrected chi connectivity index (χ2v) is 3.30. The van der Waals surface area contributed by atoms with Crippen molar-refractivity contribution in [2.75, 3.05) is 0 Å². The first-order valence-corrected chi connectivity index (χ1v) is 4.26. The maximum atomic E-state index is 13.2. The minimum Gasteiger partial charge on any atom is -0.316 e. The van der Waals surface area contributed by atoms with Gasteiger partial charge in [-0.05, 0) is 34.0 Å². The molecule has 0 spiro atoms. The fourth-order valence-corrected chi connectivity index (χ4v) is 1.49. The van der Waals surface area contributed by atoms with Gasteiger partial charge in [0, 0.05) is 6.54 Å². The van der Waals surface area contributed by atoms with E-state index in [-0.39, 0.29) is 12.4 Å². The van der Waals surface area contributed by atoms with E-state index in [0.29, 0.717) is 15.6 Å². The van der Waals surface area contributed by atoms with Gasteiger partial charge in [-0.2, -0.15) is 0 Å². The lowest BCUT2D eigenvalue weighted by atomic mass is 10.1. The smallest absolute Gasteiger partial charge is 0.140 e. The first-order chi connectivity index (χ1) is 5.66. The van der Waals surface area contributed by atoms with Crippen molar-refractivity contribution >= 4 is 15.9 Å². The number of hydrogen-bond acceptors (Lipinski definition) is 2. The van der Waals surface area contributed by atoms with E-state index in [2.05, 4.69) is 15.9 Å². The molecule has 1 aromatic rings. The van der Waals surface area contributed by atoms with E-state index in [1.54, 1.807) is 19.1 Å². The molecule has 0 fully saturated rings. The van der Waals surface area contributed by atoms with E-state index in [4.69, 9.17) is 5.21 Å². The lowest BCUT2D eigenvalue weighted by Crippen LogP contribution is -2.07. The normalized spacial score (nSPS) is 10.3. The van der Waals surface area contributed by atoms with Crippen LogP contribution in [0, 0.1) is 12.7 Å². The molecule has 0 aliphatic heterocycles. The summed E-state index contributed by atoms with van der Waals surface area (Å²) in [5.41, 5.74) is 3.26. The van der Waals surface area contributed by atoms with Crippen LogP contribution >= 0.6 is 15.9 Å². The first kappa shape index (κ1) is 9.64. The number of aryl methyl sites for hydroxylation is 1. The van der Waals surface area contributed by atoms with Gasteiger partial charge in [0.05, 0.1) is 4.47 Å². The third-order valence-corrected chi connectivity index (χ3v) is 2.48. The second kappa shape index (κ2) is 3.98. The van der Waals surface area contributed by atoms with Gasteiger partial charge in [0.25, 0.3) is 0 Å². The highest BCUT2D eigenvalue weighted by atomic mass is 79.9. The number of benzene rings is 1. The summed E-state index contributed by atoms with van der Waals surface area (Å²) in [6.07, 6.45) is 0. The van der Waals surface area contributed by atoms with Gasteiger partial charge in [-0.3, -0.25) is 0 Å². The highest BCUT2D eigenvalue weighted by Crippen LogP contribution is 2.22. The fourth-order valence-electron chi connectivity index (χ4n) is 0.908. The van der Waals surface area contributed by atoms with E-state index < -0.39 is 0 Å². The molecule has 0 aliphatic rings. The van der Waals surface area contributed by atoms with Crippen molar-refractivity contribution in [3.8, 4) is 0 Å². The van der Waals surface area contributed by atoms with Crippen molar-refractivity contribution < 1.29 is 9.60 Å². The summed E-state index contributed by atoms with van der Waals surface area (Å²) in [6.45, 7) is 1.92. The Morgan fingerprint density at radius 1 is 1.58 bits per heavy atom. The summed E-state index contributed by atoms with van der Waals surface area (Å²) in [7, 11) is 0. The van der Waals surface area contributed by atoms with Crippen molar-refractivity contribution in [3.63, 3.8) is 0 Å². The van der Waals surface area contributed by atoms with Crippen molar-refractivity contribution in [2.45, 2.75) is 13.5 Å². The zero-order valence-corrected chi connectivity index (χ0v) is 8.15. The zero-order chi connectivity index (χ0) is 9.14. The Morgan fingerprint density at radius 2 is 2.25 bits per heavy atom. The average Bonchev–Trinajstić information content (AvgIpc) is 2.07. The fraction of sp³-hybridized carbons (Fsp3) is 0.250. The molecule has 1 aromatic carbocycles. The quantitative estimate of drug-likeness (QED) is 0.770. The van der Waals surface area contributed by atoms with Crippen LogP contribution in [0.25, 0.3) is 0 Å². The van der Waals surface area contributed by atoms with Crippen LogP contribution in [0.4, 0.5) is 4.39 Å². The largest absolute Gasteiger partial charge is 0.316 e. The zero-order valence-electron chi connectivity index (χ0n) is 6.56. The minimum atomic E-state index is -0.275. The van der Waals surface area contributed by atoms with E-state index >= 15 is 0 Å². The summed E-state index contributed by atoms with van der Waals surface area (Å²) >= 11 is 3.11.